The fourth-order valence-electron chi connectivity index (χ4n) is 3.02. The van der Waals surface area contributed by atoms with Crippen LogP contribution in [0.25, 0.3) is 16.8 Å². The Hall–Kier alpha value is -2.41. The van der Waals surface area contributed by atoms with Gasteiger partial charge in [0.15, 0.2) is 11.4 Å². The summed E-state index contributed by atoms with van der Waals surface area (Å²) in [6.45, 7) is 6.48. The number of rotatable bonds is 2. The second-order valence-electron chi connectivity index (χ2n) is 5.53. The topological polar surface area (TPSA) is 3.88 Å². The van der Waals surface area contributed by atoms with Crippen molar-refractivity contribution < 1.29 is 4.57 Å². The van der Waals surface area contributed by atoms with E-state index >= 15 is 0 Å². The Morgan fingerprint density at radius 2 is 1.24 bits per heavy atom. The molecular formula is C20H20N+. The molecule has 1 nitrogen and oxygen atoms in total. The molecule has 0 bridgehead atoms. The molecule has 2 aromatic carbocycles. The van der Waals surface area contributed by atoms with Gasteiger partial charge in [-0.3, -0.25) is 0 Å². The van der Waals surface area contributed by atoms with E-state index in [9.17, 15) is 0 Å². The van der Waals surface area contributed by atoms with E-state index in [0.29, 0.717) is 0 Å². The van der Waals surface area contributed by atoms with Crippen LogP contribution in [0.15, 0.2) is 66.7 Å². The number of nitrogens with zero attached hydrogens (tertiary/aromatic N) is 1. The maximum atomic E-state index is 2.33. The molecule has 0 amide bonds. The van der Waals surface area contributed by atoms with E-state index in [-0.39, 0.29) is 0 Å². The molecule has 104 valence electrons. The van der Waals surface area contributed by atoms with Crippen molar-refractivity contribution in [3.05, 3.63) is 83.7 Å². The zero-order valence-corrected chi connectivity index (χ0v) is 12.8. The quantitative estimate of drug-likeness (QED) is 0.603. The van der Waals surface area contributed by atoms with Gasteiger partial charge in [-0.05, 0) is 24.1 Å². The third-order valence-electron chi connectivity index (χ3n) is 3.81. The first-order valence-electron chi connectivity index (χ1n) is 7.31. The Labute approximate surface area is 126 Å². The van der Waals surface area contributed by atoms with Crippen LogP contribution in [0.3, 0.4) is 0 Å². The molecule has 3 rings (SSSR count). The lowest BCUT2D eigenvalue weighted by atomic mass is 10.0. The summed E-state index contributed by atoms with van der Waals surface area (Å²) in [4.78, 5) is 0. The van der Waals surface area contributed by atoms with Crippen LogP contribution in [0.5, 0.6) is 0 Å². The number of benzene rings is 2. The van der Waals surface area contributed by atoms with Crippen LogP contribution in [0.2, 0.25) is 0 Å². The molecule has 0 aliphatic rings. The number of aryl methyl sites for hydroxylation is 3. The summed E-state index contributed by atoms with van der Waals surface area (Å²) >= 11 is 0. The van der Waals surface area contributed by atoms with Crippen molar-refractivity contribution in [2.75, 3.05) is 0 Å². The fraction of sp³-hybridized carbons (Fsp3) is 0.150. The summed E-state index contributed by atoms with van der Waals surface area (Å²) in [5.41, 5.74) is 7.57. The van der Waals surface area contributed by atoms with E-state index in [1.54, 1.807) is 0 Å². The van der Waals surface area contributed by atoms with Gasteiger partial charge in [0.2, 0.25) is 5.69 Å². The van der Waals surface area contributed by atoms with Crippen molar-refractivity contribution in [3.8, 4) is 16.8 Å². The number of hydrogen-bond acceptors (Lipinski definition) is 0. The number of hydrogen-bond donors (Lipinski definition) is 0. The zero-order valence-electron chi connectivity index (χ0n) is 12.8. The van der Waals surface area contributed by atoms with Crippen molar-refractivity contribution in [2.45, 2.75) is 20.8 Å². The summed E-state index contributed by atoms with van der Waals surface area (Å²) in [7, 11) is 0. The standard InChI is InChI=1S/C20H20N/c1-15-13-16(2)21(17(3)14-15)20-12-8-7-11-19(20)18-9-5-4-6-10-18/h4-14H,1-3H3/q+1. The smallest absolute Gasteiger partial charge is 0.162 e. The number of para-hydroxylation sites is 1. The van der Waals surface area contributed by atoms with Gasteiger partial charge in [0.25, 0.3) is 0 Å². The number of pyridine rings is 1. The molecule has 0 fully saturated rings. The summed E-state index contributed by atoms with van der Waals surface area (Å²) in [6.07, 6.45) is 0. The molecular weight excluding hydrogens is 254 g/mol. The van der Waals surface area contributed by atoms with Crippen molar-refractivity contribution in [3.63, 3.8) is 0 Å². The first-order valence-corrected chi connectivity index (χ1v) is 7.31. The van der Waals surface area contributed by atoms with E-state index < -0.39 is 0 Å². The van der Waals surface area contributed by atoms with Gasteiger partial charge in [-0.2, -0.15) is 4.57 Å². The van der Waals surface area contributed by atoms with E-state index in [4.69, 9.17) is 0 Å². The molecule has 1 heterocycles. The molecule has 1 aromatic heterocycles. The highest BCUT2D eigenvalue weighted by Crippen LogP contribution is 2.24. The minimum Gasteiger partial charge on any atom is -0.162 e. The van der Waals surface area contributed by atoms with Gasteiger partial charge < -0.3 is 0 Å². The molecule has 0 radical (unpaired) electrons. The largest absolute Gasteiger partial charge is 0.218 e. The lowest BCUT2D eigenvalue weighted by Crippen LogP contribution is -2.38. The Bertz CT molecular complexity index is 750. The molecule has 0 saturated heterocycles. The number of aromatic nitrogens is 1. The SMILES string of the molecule is Cc1cc(C)[n+](-c2ccccc2-c2ccccc2)c(C)c1. The molecule has 0 atom stereocenters. The summed E-state index contributed by atoms with van der Waals surface area (Å²) in [5.74, 6) is 0. The van der Waals surface area contributed by atoms with Crippen LogP contribution >= 0.6 is 0 Å². The molecule has 0 aliphatic heterocycles. The summed E-state index contributed by atoms with van der Waals surface area (Å²) in [5, 5.41) is 0. The highest BCUT2D eigenvalue weighted by atomic mass is 15.0. The average molecular weight is 274 g/mol. The van der Waals surface area contributed by atoms with Gasteiger partial charge in [0.1, 0.15) is 0 Å². The van der Waals surface area contributed by atoms with Crippen LogP contribution in [0, 0.1) is 20.8 Å². The maximum Gasteiger partial charge on any atom is 0.218 e. The molecule has 1 heteroatoms. The normalized spacial score (nSPS) is 10.6. The van der Waals surface area contributed by atoms with Crippen LogP contribution in [0.1, 0.15) is 17.0 Å². The van der Waals surface area contributed by atoms with E-state index in [2.05, 4.69) is 92.1 Å². The minimum atomic E-state index is 1.23. The predicted molar refractivity (Wildman–Crippen MR) is 87.6 cm³/mol. The maximum absolute atomic E-state index is 2.33. The van der Waals surface area contributed by atoms with Gasteiger partial charge in [0, 0.05) is 32.0 Å². The molecule has 0 aliphatic carbocycles. The first kappa shape index (κ1) is 13.6. The Balaban J connectivity index is 2.26. The van der Waals surface area contributed by atoms with Crippen molar-refractivity contribution in [1.82, 2.24) is 0 Å². The van der Waals surface area contributed by atoms with Gasteiger partial charge in [0.05, 0.1) is 5.56 Å². The minimum absolute atomic E-state index is 1.23. The van der Waals surface area contributed by atoms with Crippen LogP contribution in [-0.2, 0) is 0 Å². The monoisotopic (exact) mass is 274 g/mol. The molecule has 0 spiro atoms. The van der Waals surface area contributed by atoms with E-state index in [1.807, 2.05) is 0 Å². The van der Waals surface area contributed by atoms with Gasteiger partial charge in [-0.25, -0.2) is 0 Å². The summed E-state index contributed by atoms with van der Waals surface area (Å²) < 4.78 is 2.33. The highest BCUT2D eigenvalue weighted by molar-refractivity contribution is 5.70. The van der Waals surface area contributed by atoms with E-state index in [1.165, 1.54) is 33.8 Å². The predicted octanol–water partition coefficient (Wildman–Crippen LogP) is 4.56. The fourth-order valence-corrected chi connectivity index (χ4v) is 3.02. The lowest BCUT2D eigenvalue weighted by Gasteiger charge is -2.09. The molecule has 3 aromatic rings. The first-order chi connectivity index (χ1) is 10.2. The summed E-state index contributed by atoms with van der Waals surface area (Å²) in [6, 6.07) is 23.6. The van der Waals surface area contributed by atoms with Crippen LogP contribution in [0.4, 0.5) is 0 Å². The average Bonchev–Trinajstić information content (AvgIpc) is 2.48. The molecule has 0 N–H and O–H groups in total. The Kier molecular flexibility index (Phi) is 3.57. The van der Waals surface area contributed by atoms with E-state index in [0.717, 1.165) is 0 Å². The lowest BCUT2D eigenvalue weighted by molar-refractivity contribution is -0.609. The van der Waals surface area contributed by atoms with Crippen LogP contribution in [-0.4, -0.2) is 0 Å². The van der Waals surface area contributed by atoms with Gasteiger partial charge in [-0.15, -0.1) is 0 Å². The third kappa shape index (κ3) is 2.59. The molecule has 21 heavy (non-hydrogen) atoms. The second-order valence-corrected chi connectivity index (χ2v) is 5.53. The second kappa shape index (κ2) is 5.53. The zero-order chi connectivity index (χ0) is 14.8. The van der Waals surface area contributed by atoms with Gasteiger partial charge >= 0.3 is 0 Å². The van der Waals surface area contributed by atoms with Crippen molar-refractivity contribution >= 4 is 0 Å². The van der Waals surface area contributed by atoms with Crippen LogP contribution < -0.4 is 4.57 Å². The molecule has 0 unspecified atom stereocenters. The Morgan fingerprint density at radius 3 is 1.90 bits per heavy atom. The third-order valence-corrected chi connectivity index (χ3v) is 3.81. The molecule has 0 saturated carbocycles. The Morgan fingerprint density at radius 1 is 0.667 bits per heavy atom. The van der Waals surface area contributed by atoms with Gasteiger partial charge in [-0.1, -0.05) is 42.5 Å². The van der Waals surface area contributed by atoms with Crippen molar-refractivity contribution in [2.24, 2.45) is 0 Å². The van der Waals surface area contributed by atoms with Crippen molar-refractivity contribution in [1.29, 1.82) is 0 Å². The highest BCUT2D eigenvalue weighted by Gasteiger charge is 2.19.